The molecule has 3 heterocycles. The highest BCUT2D eigenvalue weighted by Gasteiger charge is 2.38. The number of hydrogen-bond acceptors (Lipinski definition) is 4. The number of aliphatic imine (C=N–C) groups is 1. The topological polar surface area (TPSA) is 41.1 Å². The third-order valence-electron chi connectivity index (χ3n) is 13.2. The van der Waals surface area contributed by atoms with Gasteiger partial charge in [-0.2, -0.15) is 0 Å². The molecule has 8 aromatic carbocycles. The number of hydrogen-bond donors (Lipinski definition) is 0. The number of benzene rings is 8. The minimum atomic E-state index is -0.0368. The average molecular weight is 818 g/mol. The Kier molecular flexibility index (Phi) is 8.31. The zero-order chi connectivity index (χ0) is 42.1. The molecule has 2 atom stereocenters. The predicted octanol–water partition coefficient (Wildman–Crippen LogP) is 11.9. The summed E-state index contributed by atoms with van der Waals surface area (Å²) in [6.45, 7) is 0. The molecule has 64 heavy (non-hydrogen) atoms. The Labute approximate surface area is 370 Å². The summed E-state index contributed by atoms with van der Waals surface area (Å²) in [6, 6.07) is 75.7. The van der Waals surface area contributed by atoms with Gasteiger partial charge in [-0.1, -0.05) is 176 Å². The second-order valence-electron chi connectivity index (χ2n) is 16.8. The van der Waals surface area contributed by atoms with Gasteiger partial charge < -0.3 is 9.32 Å². The summed E-state index contributed by atoms with van der Waals surface area (Å²) >= 11 is 0. The normalized spacial score (nSPS) is 16.2. The van der Waals surface area contributed by atoms with Crippen molar-refractivity contribution in [2.24, 2.45) is 9.98 Å². The second-order valence-corrected chi connectivity index (χ2v) is 16.8. The van der Waals surface area contributed by atoms with Gasteiger partial charge in [0.15, 0.2) is 11.2 Å². The van der Waals surface area contributed by atoms with Crippen molar-refractivity contribution in [1.82, 2.24) is 0 Å². The van der Waals surface area contributed by atoms with E-state index < -0.39 is 0 Å². The first-order valence-corrected chi connectivity index (χ1v) is 22.0. The molecule has 0 bridgehead atoms. The van der Waals surface area contributed by atoms with Gasteiger partial charge in [-0.05, 0) is 81.9 Å². The molecular weight excluding hydrogens is 779 g/mol. The van der Waals surface area contributed by atoms with E-state index in [4.69, 9.17) is 14.4 Å². The molecule has 1 aromatic heterocycles. The Morgan fingerprint density at radius 3 is 1.69 bits per heavy atom. The van der Waals surface area contributed by atoms with Crippen LogP contribution in [0.1, 0.15) is 39.8 Å². The SMILES string of the molecule is C1=C2C(=Nc3ccccc32)c2oc3c(c2C1c1ccccc1)=CC(c1ccc(-c2ccc(N(c4ccccc4)c4ccc(-c5ccccc5)cc4)cc2)cc1)C1=c2ccccc2=NC=31. The molecule has 0 fully saturated rings. The van der Waals surface area contributed by atoms with E-state index >= 15 is 0 Å². The predicted molar refractivity (Wildman–Crippen MR) is 260 cm³/mol. The van der Waals surface area contributed by atoms with Crippen molar-refractivity contribution in [2.45, 2.75) is 11.8 Å². The summed E-state index contributed by atoms with van der Waals surface area (Å²) in [5.41, 5.74) is 18.7. The van der Waals surface area contributed by atoms with Crippen LogP contribution in [0.5, 0.6) is 0 Å². The molecule has 4 heteroatoms. The fraction of sp³-hybridized carbons (Fsp3) is 0.0333. The molecular formula is C60H39N3O. The standard InChI is InChI=1S/C60H39N3O/c1-4-14-38(15-5-1)40-28-32-45(33-29-40)63(44-18-8-3-9-19-44)46-34-30-41(31-35-46)39-24-26-43(27-25-39)49-37-52-56-50(42-16-6-2-7-17-42)36-51-47-20-10-12-22-53(47)61-57(51)60(56)64-59(52)58-55(49)48-21-11-13-23-54(48)62-58/h1-37,49-50H. The van der Waals surface area contributed by atoms with E-state index in [1.165, 1.54) is 27.8 Å². The number of rotatable bonds is 7. The lowest BCUT2D eigenvalue weighted by Gasteiger charge is -2.26. The molecule has 0 spiro atoms. The molecule has 9 aromatic rings. The first-order chi connectivity index (χ1) is 31.7. The van der Waals surface area contributed by atoms with E-state index in [9.17, 15) is 0 Å². The lowest BCUT2D eigenvalue weighted by molar-refractivity contribution is 0.517. The summed E-state index contributed by atoms with van der Waals surface area (Å²) in [6.07, 6.45) is 4.83. The zero-order valence-electron chi connectivity index (χ0n) is 34.8. The summed E-state index contributed by atoms with van der Waals surface area (Å²) < 4.78 is 7.08. The molecule has 300 valence electrons. The summed E-state index contributed by atoms with van der Waals surface area (Å²) in [4.78, 5) is 12.8. The van der Waals surface area contributed by atoms with Crippen molar-refractivity contribution in [3.8, 4) is 22.3 Å². The molecule has 2 aliphatic carbocycles. The molecule has 0 radical (unpaired) electrons. The number of anilines is 3. The number of nitrogens with zero attached hydrogens (tertiary/aromatic N) is 3. The molecule has 13 rings (SSSR count). The van der Waals surface area contributed by atoms with Gasteiger partial charge in [0.25, 0.3) is 0 Å². The van der Waals surface area contributed by atoms with Crippen LogP contribution in [-0.4, -0.2) is 5.71 Å². The molecule has 4 aliphatic rings. The molecule has 4 nitrogen and oxygen atoms in total. The third kappa shape index (κ3) is 5.84. The highest BCUT2D eigenvalue weighted by atomic mass is 16.3. The van der Waals surface area contributed by atoms with Crippen LogP contribution in [0.4, 0.5) is 22.7 Å². The Morgan fingerprint density at radius 1 is 0.438 bits per heavy atom. The van der Waals surface area contributed by atoms with E-state index in [0.29, 0.717) is 0 Å². The summed E-state index contributed by atoms with van der Waals surface area (Å²) in [5, 5.41) is 3.24. The second kappa shape index (κ2) is 14.6. The number of furan rings is 1. The van der Waals surface area contributed by atoms with Crippen molar-refractivity contribution in [2.75, 3.05) is 4.90 Å². The third-order valence-corrected chi connectivity index (χ3v) is 13.2. The first-order valence-electron chi connectivity index (χ1n) is 22.0. The lowest BCUT2D eigenvalue weighted by atomic mass is 9.78. The quantitative estimate of drug-likeness (QED) is 0.161. The van der Waals surface area contributed by atoms with Crippen LogP contribution in [0, 0.1) is 0 Å². The Bertz CT molecular complexity index is 3630. The minimum absolute atomic E-state index is 0.0107. The van der Waals surface area contributed by atoms with Gasteiger partial charge in [-0.3, -0.25) is 0 Å². The molecule has 0 saturated carbocycles. The van der Waals surface area contributed by atoms with Gasteiger partial charge >= 0.3 is 0 Å². The fourth-order valence-electron chi connectivity index (χ4n) is 10.2. The molecule has 0 saturated heterocycles. The first kappa shape index (κ1) is 36.3. The Morgan fingerprint density at radius 2 is 0.984 bits per heavy atom. The van der Waals surface area contributed by atoms with Gasteiger partial charge in [0.2, 0.25) is 0 Å². The van der Waals surface area contributed by atoms with Gasteiger partial charge in [0.05, 0.1) is 11.0 Å². The molecule has 2 unspecified atom stereocenters. The lowest BCUT2D eigenvalue weighted by Crippen LogP contribution is -2.33. The monoisotopic (exact) mass is 817 g/mol. The van der Waals surface area contributed by atoms with Crippen LogP contribution in [0.3, 0.4) is 0 Å². The average Bonchev–Trinajstić information content (AvgIpc) is 4.07. The van der Waals surface area contributed by atoms with Crippen molar-refractivity contribution in [3.05, 3.63) is 268 Å². The Balaban J connectivity index is 0.892. The highest BCUT2D eigenvalue weighted by molar-refractivity contribution is 6.36. The molecule has 2 aliphatic heterocycles. The van der Waals surface area contributed by atoms with Gasteiger partial charge in [-0.15, -0.1) is 0 Å². The maximum Gasteiger partial charge on any atom is 0.160 e. The van der Waals surface area contributed by atoms with Crippen LogP contribution >= 0.6 is 0 Å². The van der Waals surface area contributed by atoms with E-state index in [1.54, 1.807) is 0 Å². The van der Waals surface area contributed by atoms with Gasteiger partial charge in [0.1, 0.15) is 11.4 Å². The van der Waals surface area contributed by atoms with Crippen LogP contribution in [0.25, 0.3) is 45.2 Å². The minimum Gasteiger partial charge on any atom is -0.452 e. The maximum absolute atomic E-state index is 7.08. The highest BCUT2D eigenvalue weighted by Crippen LogP contribution is 2.46. The van der Waals surface area contributed by atoms with Crippen LogP contribution in [0.15, 0.2) is 233 Å². The molecule has 0 amide bonds. The Hall–Kier alpha value is -8.34. The summed E-state index contributed by atoms with van der Waals surface area (Å²) in [7, 11) is 0. The van der Waals surface area contributed by atoms with Crippen molar-refractivity contribution >= 4 is 51.4 Å². The number of fused-ring (bicyclic) bond motifs is 9. The smallest absolute Gasteiger partial charge is 0.160 e. The van der Waals surface area contributed by atoms with Crippen molar-refractivity contribution in [3.63, 3.8) is 0 Å². The fourth-order valence-corrected chi connectivity index (χ4v) is 10.2. The van der Waals surface area contributed by atoms with Crippen LogP contribution in [0.2, 0.25) is 0 Å². The van der Waals surface area contributed by atoms with Gasteiger partial charge in [-0.25, -0.2) is 9.98 Å². The van der Waals surface area contributed by atoms with Gasteiger partial charge in [0, 0.05) is 61.6 Å². The van der Waals surface area contributed by atoms with Crippen LogP contribution < -0.4 is 26.1 Å². The largest absolute Gasteiger partial charge is 0.452 e. The van der Waals surface area contributed by atoms with Crippen molar-refractivity contribution < 1.29 is 4.42 Å². The number of allylic oxidation sites excluding steroid dienone is 2. The number of para-hydroxylation sites is 3. The zero-order valence-corrected chi connectivity index (χ0v) is 34.8. The van der Waals surface area contributed by atoms with Crippen LogP contribution in [-0.2, 0) is 0 Å². The maximum atomic E-state index is 7.08. The van der Waals surface area contributed by atoms with Crippen molar-refractivity contribution in [1.29, 1.82) is 0 Å². The van der Waals surface area contributed by atoms with E-state index in [1.807, 2.05) is 0 Å². The van der Waals surface area contributed by atoms with E-state index in [0.717, 1.165) is 89.0 Å². The molecule has 0 N–H and O–H groups in total. The van der Waals surface area contributed by atoms with E-state index in [-0.39, 0.29) is 11.8 Å². The summed E-state index contributed by atoms with van der Waals surface area (Å²) in [5.74, 6) is 0.796. The van der Waals surface area contributed by atoms with E-state index in [2.05, 4.69) is 229 Å².